The molecule has 0 aliphatic carbocycles. The fourth-order valence-corrected chi connectivity index (χ4v) is 2.52. The molecule has 1 nitrogen and oxygen atoms in total. The van der Waals surface area contributed by atoms with E-state index in [-0.39, 0.29) is 12.4 Å². The average molecular weight is 318 g/mol. The summed E-state index contributed by atoms with van der Waals surface area (Å²) in [7, 11) is 0. The van der Waals surface area contributed by atoms with Gasteiger partial charge in [-0.2, -0.15) is 0 Å². The molecule has 0 spiro atoms. The van der Waals surface area contributed by atoms with Gasteiger partial charge in [0, 0.05) is 18.1 Å². The van der Waals surface area contributed by atoms with Crippen LogP contribution in [0.3, 0.4) is 0 Å². The molecule has 3 aromatic rings. The Hall–Kier alpha value is -1.54. The summed E-state index contributed by atoms with van der Waals surface area (Å²) in [4.78, 5) is 0. The summed E-state index contributed by atoms with van der Waals surface area (Å²) in [6.45, 7) is 1.71. The summed E-state index contributed by atoms with van der Waals surface area (Å²) in [6, 6.07) is 22.9. The number of rotatable bonds is 4. The third kappa shape index (κ3) is 3.98. The van der Waals surface area contributed by atoms with Crippen LogP contribution in [0.5, 0.6) is 0 Å². The number of fused-ring (bicyclic) bond motifs is 1. The lowest BCUT2D eigenvalue weighted by Crippen LogP contribution is -2.12. The van der Waals surface area contributed by atoms with Gasteiger partial charge in [-0.1, -0.05) is 66.2 Å². The van der Waals surface area contributed by atoms with E-state index < -0.39 is 0 Å². The second-order valence-corrected chi connectivity index (χ2v) is 5.30. The summed E-state index contributed by atoms with van der Waals surface area (Å²) in [5, 5.41) is 6.88. The van der Waals surface area contributed by atoms with Crippen molar-refractivity contribution in [3.8, 4) is 0 Å². The van der Waals surface area contributed by atoms with Crippen LogP contribution in [0.4, 0.5) is 0 Å². The van der Waals surface area contributed by atoms with Crippen LogP contribution in [0.15, 0.2) is 66.7 Å². The van der Waals surface area contributed by atoms with Gasteiger partial charge in [-0.15, -0.1) is 12.4 Å². The van der Waals surface area contributed by atoms with Gasteiger partial charge < -0.3 is 5.32 Å². The number of hydrogen-bond acceptors (Lipinski definition) is 1. The molecule has 0 amide bonds. The lowest BCUT2D eigenvalue weighted by atomic mass is 10.0. The predicted molar refractivity (Wildman–Crippen MR) is 93.2 cm³/mol. The zero-order valence-electron chi connectivity index (χ0n) is 11.6. The molecule has 3 aromatic carbocycles. The maximum Gasteiger partial charge on any atom is 0.0406 e. The highest BCUT2D eigenvalue weighted by atomic mass is 35.5. The molecule has 0 saturated carbocycles. The Morgan fingerprint density at radius 1 is 0.762 bits per heavy atom. The minimum absolute atomic E-state index is 0. The Balaban J connectivity index is 0.00000161. The van der Waals surface area contributed by atoms with E-state index in [1.165, 1.54) is 21.9 Å². The van der Waals surface area contributed by atoms with E-state index >= 15 is 0 Å². The first-order chi connectivity index (χ1) is 9.83. The Morgan fingerprint density at radius 3 is 2.29 bits per heavy atom. The fraction of sp³-hybridized carbons (Fsp3) is 0.111. The molecule has 108 valence electrons. The molecule has 0 saturated heterocycles. The lowest BCUT2D eigenvalue weighted by Gasteiger charge is -2.08. The predicted octanol–water partition coefficient (Wildman–Crippen LogP) is 5.20. The van der Waals surface area contributed by atoms with Gasteiger partial charge in [0.2, 0.25) is 0 Å². The van der Waals surface area contributed by atoms with Gasteiger partial charge in [0.15, 0.2) is 0 Å². The van der Waals surface area contributed by atoms with Gasteiger partial charge in [-0.25, -0.2) is 0 Å². The van der Waals surface area contributed by atoms with Crippen molar-refractivity contribution >= 4 is 34.8 Å². The standard InChI is InChI=1S/C18H16ClN.ClH/c19-17-10-8-14(9-11-17)12-20-13-16-6-3-5-15-4-1-2-7-18(15)16;/h1-11,20H,12-13H2;1H. The average Bonchev–Trinajstić information content (AvgIpc) is 2.49. The number of nitrogens with one attached hydrogen (secondary N) is 1. The SMILES string of the molecule is Cl.Clc1ccc(CNCc2cccc3ccccc23)cc1. The third-order valence-electron chi connectivity index (χ3n) is 3.44. The van der Waals surface area contributed by atoms with Crippen molar-refractivity contribution < 1.29 is 0 Å². The summed E-state index contributed by atoms with van der Waals surface area (Å²) in [6.07, 6.45) is 0. The minimum atomic E-state index is 0. The van der Waals surface area contributed by atoms with Gasteiger partial charge in [0.25, 0.3) is 0 Å². The summed E-state index contributed by atoms with van der Waals surface area (Å²) in [5.41, 5.74) is 2.58. The van der Waals surface area contributed by atoms with E-state index in [4.69, 9.17) is 11.6 Å². The molecule has 0 aromatic heterocycles. The molecule has 0 unspecified atom stereocenters. The Kier molecular flexibility index (Phi) is 5.63. The van der Waals surface area contributed by atoms with Crippen molar-refractivity contribution in [2.45, 2.75) is 13.1 Å². The summed E-state index contributed by atoms with van der Waals surface area (Å²) < 4.78 is 0. The number of halogens is 2. The first kappa shape index (κ1) is 15.8. The van der Waals surface area contributed by atoms with Crippen molar-refractivity contribution in [2.24, 2.45) is 0 Å². The van der Waals surface area contributed by atoms with Crippen molar-refractivity contribution in [2.75, 3.05) is 0 Å². The topological polar surface area (TPSA) is 12.0 Å². The molecule has 0 atom stereocenters. The zero-order chi connectivity index (χ0) is 13.8. The number of hydrogen-bond donors (Lipinski definition) is 1. The normalized spacial score (nSPS) is 10.3. The summed E-state index contributed by atoms with van der Waals surface area (Å²) in [5.74, 6) is 0. The quantitative estimate of drug-likeness (QED) is 0.697. The number of benzene rings is 3. The third-order valence-corrected chi connectivity index (χ3v) is 3.69. The largest absolute Gasteiger partial charge is 0.309 e. The van der Waals surface area contributed by atoms with E-state index in [1.54, 1.807) is 0 Å². The van der Waals surface area contributed by atoms with Gasteiger partial charge in [0.1, 0.15) is 0 Å². The summed E-state index contributed by atoms with van der Waals surface area (Å²) >= 11 is 5.89. The van der Waals surface area contributed by atoms with Crippen LogP contribution in [0.1, 0.15) is 11.1 Å². The fourth-order valence-electron chi connectivity index (χ4n) is 2.39. The van der Waals surface area contributed by atoms with Gasteiger partial charge in [0.05, 0.1) is 0 Å². The molecule has 0 radical (unpaired) electrons. The molecule has 0 fully saturated rings. The molecule has 3 rings (SSSR count). The molecule has 0 aliphatic rings. The van der Waals surface area contributed by atoms with E-state index in [2.05, 4.69) is 59.9 Å². The van der Waals surface area contributed by atoms with Crippen LogP contribution in [-0.2, 0) is 13.1 Å². The van der Waals surface area contributed by atoms with Crippen LogP contribution >= 0.6 is 24.0 Å². The maximum absolute atomic E-state index is 5.89. The molecule has 21 heavy (non-hydrogen) atoms. The van der Waals surface area contributed by atoms with E-state index in [0.717, 1.165) is 18.1 Å². The van der Waals surface area contributed by atoms with Gasteiger partial charge in [-0.3, -0.25) is 0 Å². The van der Waals surface area contributed by atoms with E-state index in [9.17, 15) is 0 Å². The van der Waals surface area contributed by atoms with Crippen molar-refractivity contribution in [1.82, 2.24) is 5.32 Å². The van der Waals surface area contributed by atoms with Crippen molar-refractivity contribution in [3.05, 3.63) is 82.9 Å². The molecule has 1 N–H and O–H groups in total. The van der Waals surface area contributed by atoms with Gasteiger partial charge in [-0.05, 0) is 34.0 Å². The highest BCUT2D eigenvalue weighted by molar-refractivity contribution is 6.30. The maximum atomic E-state index is 5.89. The first-order valence-electron chi connectivity index (χ1n) is 6.75. The molecular formula is C18H17Cl2N. The van der Waals surface area contributed by atoms with Crippen LogP contribution in [0.2, 0.25) is 5.02 Å². The molecule has 0 heterocycles. The van der Waals surface area contributed by atoms with E-state index in [0.29, 0.717) is 0 Å². The first-order valence-corrected chi connectivity index (χ1v) is 7.12. The monoisotopic (exact) mass is 317 g/mol. The second kappa shape index (κ2) is 7.46. The lowest BCUT2D eigenvalue weighted by molar-refractivity contribution is 0.696. The highest BCUT2D eigenvalue weighted by Crippen LogP contribution is 2.18. The Morgan fingerprint density at radius 2 is 1.48 bits per heavy atom. The molecule has 0 bridgehead atoms. The van der Waals surface area contributed by atoms with Crippen LogP contribution in [-0.4, -0.2) is 0 Å². The van der Waals surface area contributed by atoms with E-state index in [1.807, 2.05) is 12.1 Å². The van der Waals surface area contributed by atoms with Crippen LogP contribution in [0.25, 0.3) is 10.8 Å². The zero-order valence-corrected chi connectivity index (χ0v) is 13.1. The second-order valence-electron chi connectivity index (χ2n) is 4.87. The van der Waals surface area contributed by atoms with Gasteiger partial charge >= 0.3 is 0 Å². The Bertz CT molecular complexity index is 702. The van der Waals surface area contributed by atoms with Crippen molar-refractivity contribution in [3.63, 3.8) is 0 Å². The molecule has 0 aliphatic heterocycles. The molecule has 3 heteroatoms. The highest BCUT2D eigenvalue weighted by Gasteiger charge is 2.00. The minimum Gasteiger partial charge on any atom is -0.309 e. The molecular weight excluding hydrogens is 301 g/mol. The van der Waals surface area contributed by atoms with Crippen LogP contribution in [0, 0.1) is 0 Å². The Labute approximate surface area is 136 Å². The van der Waals surface area contributed by atoms with Crippen molar-refractivity contribution in [1.29, 1.82) is 0 Å². The van der Waals surface area contributed by atoms with Crippen LogP contribution < -0.4 is 5.32 Å². The smallest absolute Gasteiger partial charge is 0.0406 e.